The highest BCUT2D eigenvalue weighted by molar-refractivity contribution is 7.89. The van der Waals surface area contributed by atoms with E-state index in [9.17, 15) is 17.6 Å². The van der Waals surface area contributed by atoms with Crippen LogP contribution in [0.1, 0.15) is 10.4 Å². The minimum absolute atomic E-state index is 0.0454. The van der Waals surface area contributed by atoms with Crippen LogP contribution >= 0.6 is 0 Å². The highest BCUT2D eigenvalue weighted by Crippen LogP contribution is 2.19. The van der Waals surface area contributed by atoms with Gasteiger partial charge in [-0.3, -0.25) is 4.79 Å². The summed E-state index contributed by atoms with van der Waals surface area (Å²) in [6.07, 6.45) is 0. The summed E-state index contributed by atoms with van der Waals surface area (Å²) in [5.74, 6) is -1.36. The molecule has 21 heavy (non-hydrogen) atoms. The molecule has 0 unspecified atom stereocenters. The van der Waals surface area contributed by atoms with Crippen molar-refractivity contribution in [2.24, 2.45) is 5.14 Å². The smallest absolute Gasteiger partial charge is 0.257 e. The molecule has 0 spiro atoms. The monoisotopic (exact) mass is 309 g/mol. The molecule has 0 radical (unpaired) electrons. The number of sulfonamides is 1. The molecule has 0 aliphatic heterocycles. The number of para-hydroxylation sites is 1. The Bertz CT molecular complexity index is 806. The van der Waals surface area contributed by atoms with Gasteiger partial charge in [0.1, 0.15) is 5.82 Å². The van der Waals surface area contributed by atoms with E-state index in [1.807, 2.05) is 0 Å². The summed E-state index contributed by atoms with van der Waals surface area (Å²) in [4.78, 5) is 11.9. The molecule has 0 saturated heterocycles. The first-order chi connectivity index (χ1) is 9.79. The molecule has 2 aromatic rings. The number of hydrogen-bond acceptors (Lipinski definition) is 4. The van der Waals surface area contributed by atoms with Crippen LogP contribution in [0.3, 0.4) is 0 Å². The number of nitrogens with one attached hydrogen (secondary N) is 1. The van der Waals surface area contributed by atoms with Crippen molar-refractivity contribution in [3.63, 3.8) is 0 Å². The van der Waals surface area contributed by atoms with Crippen LogP contribution in [-0.4, -0.2) is 14.3 Å². The van der Waals surface area contributed by atoms with E-state index in [1.54, 1.807) is 0 Å². The van der Waals surface area contributed by atoms with E-state index in [0.717, 1.165) is 6.07 Å². The fraction of sp³-hybridized carbons (Fsp3) is 0. The molecule has 110 valence electrons. The van der Waals surface area contributed by atoms with Gasteiger partial charge in [-0.25, -0.2) is 17.9 Å². The van der Waals surface area contributed by atoms with E-state index in [2.05, 4.69) is 5.32 Å². The van der Waals surface area contributed by atoms with Crippen LogP contribution in [0.5, 0.6) is 0 Å². The predicted molar refractivity (Wildman–Crippen MR) is 76.6 cm³/mol. The first kappa shape index (κ1) is 14.9. The lowest BCUT2D eigenvalue weighted by atomic mass is 10.1. The minimum atomic E-state index is -3.88. The molecule has 6 nitrogen and oxygen atoms in total. The zero-order valence-electron chi connectivity index (χ0n) is 10.7. The summed E-state index contributed by atoms with van der Waals surface area (Å²) in [5.41, 5.74) is 5.36. The minimum Gasteiger partial charge on any atom is -0.396 e. The summed E-state index contributed by atoms with van der Waals surface area (Å²) in [6, 6.07) is 9.23. The number of anilines is 2. The highest BCUT2D eigenvalue weighted by atomic mass is 32.2. The topological polar surface area (TPSA) is 115 Å². The van der Waals surface area contributed by atoms with E-state index in [1.165, 1.54) is 36.4 Å². The fourth-order valence-corrected chi connectivity index (χ4v) is 2.24. The molecule has 2 aromatic carbocycles. The lowest BCUT2D eigenvalue weighted by Crippen LogP contribution is -2.16. The average molecular weight is 309 g/mol. The van der Waals surface area contributed by atoms with Gasteiger partial charge in [0, 0.05) is 5.69 Å². The maximum absolute atomic E-state index is 13.3. The molecular formula is C13H12FN3O3S. The number of nitrogens with two attached hydrogens (primary N) is 2. The number of benzene rings is 2. The third-order valence-electron chi connectivity index (χ3n) is 2.72. The molecule has 0 aliphatic rings. The number of carbonyl (C=O) groups is 1. The molecule has 8 heteroatoms. The van der Waals surface area contributed by atoms with E-state index < -0.39 is 21.7 Å². The molecule has 2 rings (SSSR count). The van der Waals surface area contributed by atoms with Crippen LogP contribution in [0.15, 0.2) is 47.4 Å². The lowest BCUT2D eigenvalue weighted by Gasteiger charge is -2.09. The van der Waals surface area contributed by atoms with Gasteiger partial charge >= 0.3 is 0 Å². The second-order valence-corrected chi connectivity index (χ2v) is 5.79. The quantitative estimate of drug-likeness (QED) is 0.741. The van der Waals surface area contributed by atoms with Gasteiger partial charge in [0.25, 0.3) is 5.91 Å². The number of nitrogen functional groups attached to an aromatic ring is 1. The Hall–Kier alpha value is -2.45. The summed E-state index contributed by atoms with van der Waals surface area (Å²) < 4.78 is 35.8. The molecule has 1 amide bonds. The average Bonchev–Trinajstić information content (AvgIpc) is 2.41. The maximum Gasteiger partial charge on any atom is 0.257 e. The SMILES string of the molecule is Nc1c(F)cccc1C(=O)Nc1cccc(S(N)(=O)=O)c1. The second-order valence-electron chi connectivity index (χ2n) is 4.23. The molecule has 0 aliphatic carbocycles. The summed E-state index contributed by atoms with van der Waals surface area (Å²) >= 11 is 0. The summed E-state index contributed by atoms with van der Waals surface area (Å²) in [6.45, 7) is 0. The van der Waals surface area contributed by atoms with Crippen molar-refractivity contribution >= 4 is 27.3 Å². The first-order valence-electron chi connectivity index (χ1n) is 5.77. The van der Waals surface area contributed by atoms with Gasteiger partial charge in [0.15, 0.2) is 0 Å². The molecule has 0 aromatic heterocycles. The van der Waals surface area contributed by atoms with Gasteiger partial charge in [-0.1, -0.05) is 12.1 Å². The van der Waals surface area contributed by atoms with Crippen LogP contribution in [0, 0.1) is 5.82 Å². The third-order valence-corrected chi connectivity index (χ3v) is 3.63. The number of primary sulfonamides is 1. The van der Waals surface area contributed by atoms with Gasteiger partial charge < -0.3 is 11.1 Å². The summed E-state index contributed by atoms with van der Waals surface area (Å²) in [5, 5.41) is 7.43. The van der Waals surface area contributed by atoms with E-state index >= 15 is 0 Å². The Labute approximate surface area is 120 Å². The first-order valence-corrected chi connectivity index (χ1v) is 7.32. The Kier molecular flexibility index (Phi) is 3.92. The third kappa shape index (κ3) is 3.36. The standard InChI is InChI=1S/C13H12FN3O3S/c14-11-6-2-5-10(12(11)15)13(18)17-8-3-1-4-9(7-8)21(16,19)20/h1-7H,15H2,(H,17,18)(H2,16,19,20). The number of hydrogen-bond donors (Lipinski definition) is 3. The van der Waals surface area contributed by atoms with E-state index in [0.29, 0.717) is 0 Å². The lowest BCUT2D eigenvalue weighted by molar-refractivity contribution is 0.102. The van der Waals surface area contributed by atoms with Crippen molar-refractivity contribution in [3.8, 4) is 0 Å². The normalized spacial score (nSPS) is 11.1. The van der Waals surface area contributed by atoms with Crippen molar-refractivity contribution in [3.05, 3.63) is 53.8 Å². The van der Waals surface area contributed by atoms with Crippen molar-refractivity contribution in [2.45, 2.75) is 4.90 Å². The zero-order chi connectivity index (χ0) is 15.6. The molecule has 0 saturated carbocycles. The van der Waals surface area contributed by atoms with Crippen molar-refractivity contribution in [1.29, 1.82) is 0 Å². The predicted octanol–water partition coefficient (Wildman–Crippen LogP) is 1.31. The van der Waals surface area contributed by atoms with E-state index in [4.69, 9.17) is 10.9 Å². The van der Waals surface area contributed by atoms with Gasteiger partial charge in [0.2, 0.25) is 10.0 Å². The molecular weight excluding hydrogens is 297 g/mol. The van der Waals surface area contributed by atoms with Crippen LogP contribution in [0.25, 0.3) is 0 Å². The van der Waals surface area contributed by atoms with Crippen LogP contribution in [-0.2, 0) is 10.0 Å². The number of carbonyl (C=O) groups excluding carboxylic acids is 1. The maximum atomic E-state index is 13.3. The Balaban J connectivity index is 2.30. The van der Waals surface area contributed by atoms with Crippen molar-refractivity contribution in [1.82, 2.24) is 0 Å². The van der Waals surface area contributed by atoms with Crippen molar-refractivity contribution in [2.75, 3.05) is 11.1 Å². The molecule has 0 heterocycles. The van der Waals surface area contributed by atoms with Crippen LogP contribution in [0.4, 0.5) is 15.8 Å². The molecule has 5 N–H and O–H groups in total. The van der Waals surface area contributed by atoms with Crippen LogP contribution < -0.4 is 16.2 Å². The molecule has 0 atom stereocenters. The number of rotatable bonds is 3. The second kappa shape index (κ2) is 5.51. The van der Waals surface area contributed by atoms with Gasteiger partial charge in [0.05, 0.1) is 16.1 Å². The van der Waals surface area contributed by atoms with E-state index in [-0.39, 0.29) is 21.8 Å². The number of halogens is 1. The van der Waals surface area contributed by atoms with Crippen LogP contribution in [0.2, 0.25) is 0 Å². The van der Waals surface area contributed by atoms with Crippen molar-refractivity contribution < 1.29 is 17.6 Å². The zero-order valence-corrected chi connectivity index (χ0v) is 11.5. The molecule has 0 fully saturated rings. The largest absolute Gasteiger partial charge is 0.396 e. The summed E-state index contributed by atoms with van der Waals surface area (Å²) in [7, 11) is -3.88. The Morgan fingerprint density at radius 1 is 1.14 bits per heavy atom. The highest BCUT2D eigenvalue weighted by Gasteiger charge is 2.14. The van der Waals surface area contributed by atoms with Gasteiger partial charge in [-0.15, -0.1) is 0 Å². The van der Waals surface area contributed by atoms with Gasteiger partial charge in [-0.2, -0.15) is 0 Å². The fourth-order valence-electron chi connectivity index (χ4n) is 1.68. The Morgan fingerprint density at radius 2 is 1.81 bits per heavy atom. The van der Waals surface area contributed by atoms with Gasteiger partial charge in [-0.05, 0) is 30.3 Å². The molecule has 0 bridgehead atoms. The Morgan fingerprint density at radius 3 is 2.48 bits per heavy atom. The number of amides is 1.